The molecule has 0 atom stereocenters. The summed E-state index contributed by atoms with van der Waals surface area (Å²) in [7, 11) is 0. The molecule has 6 rings (SSSR count). The Bertz CT molecular complexity index is 1830. The summed E-state index contributed by atoms with van der Waals surface area (Å²) in [6.45, 7) is 11.3. The molecule has 0 bridgehead atoms. The molecule has 4 aromatic carbocycles. The minimum Gasteiger partial charge on any atom is -0.508 e. The number of hydrogen-bond acceptors (Lipinski definition) is 11. The summed E-state index contributed by atoms with van der Waals surface area (Å²) in [6, 6.07) is 34.1. The van der Waals surface area contributed by atoms with Crippen molar-refractivity contribution in [1.29, 1.82) is 0 Å². The number of aryl methyl sites for hydroxylation is 4. The van der Waals surface area contributed by atoms with Gasteiger partial charge in [-0.25, -0.2) is 4.98 Å². The number of aromatic hydroxyl groups is 2. The third kappa shape index (κ3) is 16.5. The van der Waals surface area contributed by atoms with Crippen molar-refractivity contribution < 1.29 is 10.2 Å². The van der Waals surface area contributed by atoms with Crippen LogP contribution in [0.2, 0.25) is 0 Å². The number of nitrogens with zero attached hydrogens (tertiary/aromatic N) is 6. The molecular weight excluding hydrogens is 699 g/mol. The van der Waals surface area contributed by atoms with Crippen LogP contribution in [0.5, 0.6) is 11.5 Å². The summed E-state index contributed by atoms with van der Waals surface area (Å²) in [4.78, 5) is 26.3. The highest BCUT2D eigenvalue weighted by Crippen LogP contribution is 2.17. The van der Waals surface area contributed by atoms with Gasteiger partial charge in [0.25, 0.3) is 0 Å². The predicted molar refractivity (Wildman–Crippen MR) is 228 cm³/mol. The van der Waals surface area contributed by atoms with Crippen LogP contribution in [0.25, 0.3) is 0 Å². The summed E-state index contributed by atoms with van der Waals surface area (Å²) in [5.41, 5.74) is 4.21. The molecule has 0 saturated heterocycles. The third-order valence-corrected chi connectivity index (χ3v) is 8.60. The summed E-state index contributed by atoms with van der Waals surface area (Å²) in [5.74, 6) is 5.32. The van der Waals surface area contributed by atoms with E-state index in [1.165, 1.54) is 31.2 Å². The van der Waals surface area contributed by atoms with Gasteiger partial charge in [0.2, 0.25) is 17.8 Å². The van der Waals surface area contributed by atoms with Crippen molar-refractivity contribution in [3.8, 4) is 11.5 Å². The first-order chi connectivity index (χ1) is 27.2. The van der Waals surface area contributed by atoms with Crippen LogP contribution in [-0.4, -0.2) is 46.7 Å². The third-order valence-electron chi connectivity index (χ3n) is 8.60. The molecule has 294 valence electrons. The number of aromatic nitrogens is 6. The summed E-state index contributed by atoms with van der Waals surface area (Å²) < 4.78 is 0. The SMILES string of the molecule is CCCC(C)CCC.Cc1nc(CCCc2ccc(O)cc2)nc(Nc2ccccc2)n1.Cc1nc(NCCc2ccc(O)cc2)nc(Nc2ccccc2)n1. The van der Waals surface area contributed by atoms with Gasteiger partial charge in [-0.15, -0.1) is 0 Å². The molecule has 11 heteroatoms. The van der Waals surface area contributed by atoms with E-state index in [0.717, 1.165) is 54.4 Å². The van der Waals surface area contributed by atoms with E-state index in [-0.39, 0.29) is 5.75 Å². The molecule has 0 spiro atoms. The minimum absolute atomic E-state index is 0.274. The lowest BCUT2D eigenvalue weighted by molar-refractivity contribution is 0.474. The Balaban J connectivity index is 0.000000209. The van der Waals surface area contributed by atoms with Crippen LogP contribution in [0.15, 0.2) is 109 Å². The lowest BCUT2D eigenvalue weighted by Crippen LogP contribution is -2.11. The molecule has 0 aliphatic rings. The average Bonchev–Trinajstić information content (AvgIpc) is 3.18. The van der Waals surface area contributed by atoms with Gasteiger partial charge in [0, 0.05) is 24.3 Å². The van der Waals surface area contributed by atoms with Crippen molar-refractivity contribution in [3.05, 3.63) is 138 Å². The van der Waals surface area contributed by atoms with Gasteiger partial charge in [-0.1, -0.05) is 107 Å². The minimum atomic E-state index is 0.274. The first kappa shape index (κ1) is 42.6. The van der Waals surface area contributed by atoms with Gasteiger partial charge in [0.15, 0.2) is 0 Å². The van der Waals surface area contributed by atoms with Crippen molar-refractivity contribution in [2.75, 3.05) is 22.5 Å². The molecule has 5 N–H and O–H groups in total. The zero-order valence-corrected chi connectivity index (χ0v) is 33.4. The summed E-state index contributed by atoms with van der Waals surface area (Å²) in [6.07, 6.45) is 8.98. The molecule has 0 unspecified atom stereocenters. The van der Waals surface area contributed by atoms with E-state index in [4.69, 9.17) is 0 Å². The van der Waals surface area contributed by atoms with E-state index in [9.17, 15) is 10.2 Å². The molecule has 0 aliphatic carbocycles. The van der Waals surface area contributed by atoms with E-state index in [0.29, 0.717) is 41.8 Å². The second-order valence-corrected chi connectivity index (χ2v) is 13.7. The van der Waals surface area contributed by atoms with Gasteiger partial charge in [-0.05, 0) is 98.7 Å². The number of hydrogen-bond donors (Lipinski definition) is 5. The van der Waals surface area contributed by atoms with Crippen LogP contribution >= 0.6 is 0 Å². The smallest absolute Gasteiger partial charge is 0.232 e. The number of phenols is 2. The second kappa shape index (κ2) is 23.6. The van der Waals surface area contributed by atoms with Crippen LogP contribution in [0.3, 0.4) is 0 Å². The van der Waals surface area contributed by atoms with Crippen LogP contribution < -0.4 is 16.0 Å². The highest BCUT2D eigenvalue weighted by molar-refractivity contribution is 5.54. The summed E-state index contributed by atoms with van der Waals surface area (Å²) >= 11 is 0. The van der Waals surface area contributed by atoms with Crippen LogP contribution in [0, 0.1) is 19.8 Å². The van der Waals surface area contributed by atoms with Gasteiger partial charge >= 0.3 is 0 Å². The van der Waals surface area contributed by atoms with E-state index < -0.39 is 0 Å². The maximum absolute atomic E-state index is 9.31. The molecule has 2 aromatic heterocycles. The normalized spacial score (nSPS) is 10.5. The van der Waals surface area contributed by atoms with Gasteiger partial charge in [0.1, 0.15) is 29.0 Å². The highest BCUT2D eigenvalue weighted by atomic mass is 16.3. The predicted octanol–water partition coefficient (Wildman–Crippen LogP) is 10.3. The van der Waals surface area contributed by atoms with Crippen molar-refractivity contribution in [3.63, 3.8) is 0 Å². The lowest BCUT2D eigenvalue weighted by atomic mass is 10.0. The van der Waals surface area contributed by atoms with Gasteiger partial charge < -0.3 is 26.2 Å². The Morgan fingerprint density at radius 2 is 0.982 bits per heavy atom. The summed E-state index contributed by atoms with van der Waals surface area (Å²) in [5, 5.41) is 28.2. The average molecular weight is 756 g/mol. The van der Waals surface area contributed by atoms with Gasteiger partial charge in [-0.2, -0.15) is 24.9 Å². The Morgan fingerprint density at radius 3 is 1.50 bits per heavy atom. The van der Waals surface area contributed by atoms with Gasteiger partial charge in [0.05, 0.1) is 0 Å². The largest absolute Gasteiger partial charge is 0.508 e. The first-order valence-electron chi connectivity index (χ1n) is 19.6. The van der Waals surface area contributed by atoms with Gasteiger partial charge in [-0.3, -0.25) is 0 Å². The standard InChI is InChI=1S/C19H20N4O.C18H19N5O.C8H18/c1-14-20-18(9-5-6-15-10-12-17(24)13-11-15)23-19(21-14)22-16-7-3-2-4-8-16;1-13-20-17(19-12-11-14-7-9-16(24)10-8-14)23-18(21-13)22-15-5-3-2-4-6-15;1-4-6-8(3)7-5-2/h2-4,7-8,10-13,24H,5-6,9H2,1H3,(H,20,21,22,23);2-10,24H,11-12H2,1H3,(H2,19,20,21,22,23);8H,4-7H2,1-3H3. The number of rotatable bonds is 16. The lowest BCUT2D eigenvalue weighted by Gasteiger charge is -2.09. The first-order valence-corrected chi connectivity index (χ1v) is 19.6. The fourth-order valence-corrected chi connectivity index (χ4v) is 5.85. The van der Waals surface area contributed by atoms with Crippen molar-refractivity contribution in [2.24, 2.45) is 5.92 Å². The zero-order chi connectivity index (χ0) is 40.0. The maximum atomic E-state index is 9.31. The number of benzene rings is 4. The number of phenolic OH excluding ortho intramolecular Hbond substituents is 2. The van der Waals surface area contributed by atoms with Crippen molar-refractivity contribution in [1.82, 2.24) is 29.9 Å². The number of para-hydroxylation sites is 2. The molecule has 0 radical (unpaired) electrons. The van der Waals surface area contributed by atoms with E-state index in [1.807, 2.05) is 98.8 Å². The molecule has 0 aliphatic heterocycles. The van der Waals surface area contributed by atoms with Crippen LogP contribution in [-0.2, 0) is 19.3 Å². The van der Waals surface area contributed by atoms with Crippen molar-refractivity contribution >= 4 is 29.2 Å². The van der Waals surface area contributed by atoms with Crippen LogP contribution in [0.1, 0.15) is 81.5 Å². The Morgan fingerprint density at radius 1 is 0.518 bits per heavy atom. The van der Waals surface area contributed by atoms with E-state index in [1.54, 1.807) is 24.3 Å². The Hall–Kier alpha value is -6.10. The fourth-order valence-electron chi connectivity index (χ4n) is 5.85. The van der Waals surface area contributed by atoms with E-state index in [2.05, 4.69) is 66.6 Å². The van der Waals surface area contributed by atoms with E-state index >= 15 is 0 Å². The highest BCUT2D eigenvalue weighted by Gasteiger charge is 2.06. The topological polar surface area (TPSA) is 154 Å². The molecule has 0 saturated carbocycles. The molecule has 56 heavy (non-hydrogen) atoms. The number of anilines is 5. The molecule has 2 heterocycles. The zero-order valence-electron chi connectivity index (χ0n) is 33.4. The van der Waals surface area contributed by atoms with Crippen LogP contribution in [0.4, 0.5) is 29.2 Å². The molecule has 6 aromatic rings. The quantitative estimate of drug-likeness (QED) is 0.0641. The monoisotopic (exact) mass is 755 g/mol. The molecule has 0 fully saturated rings. The van der Waals surface area contributed by atoms with Crippen molar-refractivity contribution in [2.45, 2.75) is 86.0 Å². The maximum Gasteiger partial charge on any atom is 0.232 e. The Labute approximate surface area is 332 Å². The molecule has 0 amide bonds. The second-order valence-electron chi connectivity index (χ2n) is 13.7. The number of nitrogens with one attached hydrogen (secondary N) is 3. The fraction of sp³-hybridized carbons (Fsp3) is 0.333. The molecule has 11 nitrogen and oxygen atoms in total. The Kier molecular flexibility index (Phi) is 18.0. The molecular formula is C45H57N9O2.